The number of hydrogen-bond donors (Lipinski definition) is 1. The summed E-state index contributed by atoms with van der Waals surface area (Å²) < 4.78 is 0. The van der Waals surface area contributed by atoms with Crippen molar-refractivity contribution in [2.24, 2.45) is 17.6 Å². The molecule has 1 saturated heterocycles. The normalized spacial score (nSPS) is 17.3. The molecule has 0 bridgehead atoms. The topological polar surface area (TPSA) is 49.6 Å². The average Bonchev–Trinajstić information content (AvgIpc) is 2.83. The van der Waals surface area contributed by atoms with Crippen molar-refractivity contribution in [2.45, 2.75) is 78.3 Å². The van der Waals surface area contributed by atoms with E-state index in [4.69, 9.17) is 5.73 Å². The lowest BCUT2D eigenvalue weighted by Crippen LogP contribution is -2.54. The van der Waals surface area contributed by atoms with Crippen LogP contribution in [0.5, 0.6) is 0 Å². The Morgan fingerprint density at radius 1 is 0.971 bits per heavy atom. The summed E-state index contributed by atoms with van der Waals surface area (Å²) in [5.74, 6) is 1.20. The molecule has 4 heteroatoms. The Hall–Kier alpha value is -2.33. The van der Waals surface area contributed by atoms with Gasteiger partial charge in [0.05, 0.1) is 6.04 Å². The van der Waals surface area contributed by atoms with Crippen molar-refractivity contribution in [3.63, 3.8) is 0 Å². The second-order valence-corrected chi connectivity index (χ2v) is 10.8. The SMILES string of the molecule is CC(C)CCN(c1ccc(CCc2ccccc2)cc1)C1CCCN(C(=O)[C@@H](N)CC(C)C)C1. The number of nitrogens with zero attached hydrogens (tertiary/aromatic N) is 2. The highest BCUT2D eigenvalue weighted by Crippen LogP contribution is 2.26. The summed E-state index contributed by atoms with van der Waals surface area (Å²) in [4.78, 5) is 17.6. The summed E-state index contributed by atoms with van der Waals surface area (Å²) in [6, 6.07) is 19.8. The first-order valence-electron chi connectivity index (χ1n) is 13.3. The fraction of sp³-hybridized carbons (Fsp3) is 0.567. The molecule has 1 aliphatic rings. The van der Waals surface area contributed by atoms with E-state index < -0.39 is 0 Å². The van der Waals surface area contributed by atoms with Crippen LogP contribution < -0.4 is 10.6 Å². The molecule has 2 aromatic rings. The lowest BCUT2D eigenvalue weighted by Gasteiger charge is -2.41. The molecule has 1 amide bonds. The Kier molecular flexibility index (Phi) is 10.0. The van der Waals surface area contributed by atoms with Crippen LogP contribution in [0.4, 0.5) is 5.69 Å². The standard InChI is InChI=1S/C30H45N3O/c1-23(2)18-20-33(28-11-8-19-32(22-28)30(34)29(31)21-24(3)4)27-16-14-26(15-17-27)13-12-25-9-6-5-7-10-25/h5-7,9-10,14-17,23-24,28-29H,8,11-13,18-22,31H2,1-4H3/t28?,29-/m0/s1. The number of benzene rings is 2. The molecular weight excluding hydrogens is 418 g/mol. The van der Waals surface area contributed by atoms with Gasteiger partial charge in [-0.05, 0) is 73.6 Å². The van der Waals surface area contributed by atoms with E-state index in [1.54, 1.807) is 0 Å². The Bertz CT molecular complexity index is 862. The molecule has 3 rings (SSSR count). The van der Waals surface area contributed by atoms with Crippen LogP contribution in [0.2, 0.25) is 0 Å². The van der Waals surface area contributed by atoms with Gasteiger partial charge in [-0.2, -0.15) is 0 Å². The minimum atomic E-state index is -0.383. The maximum absolute atomic E-state index is 13.0. The zero-order valence-electron chi connectivity index (χ0n) is 21.7. The van der Waals surface area contributed by atoms with Crippen molar-refractivity contribution < 1.29 is 4.79 Å². The van der Waals surface area contributed by atoms with E-state index in [1.807, 2.05) is 4.90 Å². The molecule has 0 spiro atoms. The molecule has 4 nitrogen and oxygen atoms in total. The molecule has 2 N–H and O–H groups in total. The van der Waals surface area contributed by atoms with Gasteiger partial charge in [-0.25, -0.2) is 0 Å². The molecule has 0 aromatic heterocycles. The zero-order valence-corrected chi connectivity index (χ0v) is 21.7. The average molecular weight is 464 g/mol. The number of amides is 1. The summed E-state index contributed by atoms with van der Waals surface area (Å²) in [5.41, 5.74) is 10.3. The van der Waals surface area contributed by atoms with Crippen LogP contribution in [0.3, 0.4) is 0 Å². The quantitative estimate of drug-likeness (QED) is 0.466. The predicted molar refractivity (Wildman–Crippen MR) is 144 cm³/mol. The van der Waals surface area contributed by atoms with Crippen molar-refractivity contribution in [1.29, 1.82) is 0 Å². The first kappa shape index (κ1) is 26.3. The lowest BCUT2D eigenvalue weighted by molar-refractivity contribution is -0.134. The van der Waals surface area contributed by atoms with E-state index in [1.165, 1.54) is 16.8 Å². The van der Waals surface area contributed by atoms with Crippen molar-refractivity contribution in [1.82, 2.24) is 4.90 Å². The molecule has 2 aromatic carbocycles. The summed E-state index contributed by atoms with van der Waals surface area (Å²) >= 11 is 0. The maximum atomic E-state index is 13.0. The fourth-order valence-electron chi connectivity index (χ4n) is 4.96. The van der Waals surface area contributed by atoms with Gasteiger partial charge in [0, 0.05) is 31.4 Å². The number of hydrogen-bond acceptors (Lipinski definition) is 3. The van der Waals surface area contributed by atoms with Crippen LogP contribution in [-0.2, 0) is 17.6 Å². The Balaban J connectivity index is 1.68. The predicted octanol–water partition coefficient (Wildman–Crippen LogP) is 5.69. The third-order valence-electron chi connectivity index (χ3n) is 6.95. The monoisotopic (exact) mass is 463 g/mol. The van der Waals surface area contributed by atoms with Crippen LogP contribution >= 0.6 is 0 Å². The summed E-state index contributed by atoms with van der Waals surface area (Å²) in [7, 11) is 0. The van der Waals surface area contributed by atoms with Gasteiger partial charge in [0.1, 0.15) is 0 Å². The second kappa shape index (κ2) is 12.9. The number of rotatable bonds is 11. The van der Waals surface area contributed by atoms with Crippen molar-refractivity contribution in [3.8, 4) is 0 Å². The van der Waals surface area contributed by atoms with Crippen molar-refractivity contribution >= 4 is 11.6 Å². The molecule has 0 aliphatic carbocycles. The van der Waals surface area contributed by atoms with Gasteiger partial charge < -0.3 is 15.5 Å². The molecule has 1 heterocycles. The number of carbonyl (C=O) groups excluding carboxylic acids is 1. The highest BCUT2D eigenvalue weighted by molar-refractivity contribution is 5.81. The molecule has 1 unspecified atom stereocenters. The van der Waals surface area contributed by atoms with E-state index >= 15 is 0 Å². The number of anilines is 1. The highest BCUT2D eigenvalue weighted by atomic mass is 16.2. The van der Waals surface area contributed by atoms with E-state index in [9.17, 15) is 4.79 Å². The van der Waals surface area contributed by atoms with E-state index in [0.717, 1.165) is 58.2 Å². The third kappa shape index (κ3) is 7.87. The highest BCUT2D eigenvalue weighted by Gasteiger charge is 2.30. The minimum Gasteiger partial charge on any atom is -0.367 e. The van der Waals surface area contributed by atoms with Crippen LogP contribution in [-0.4, -0.2) is 42.5 Å². The van der Waals surface area contributed by atoms with Gasteiger partial charge in [-0.3, -0.25) is 4.79 Å². The number of likely N-dealkylation sites (tertiary alicyclic amines) is 1. The van der Waals surface area contributed by atoms with Gasteiger partial charge in [-0.15, -0.1) is 0 Å². The Morgan fingerprint density at radius 3 is 2.24 bits per heavy atom. The summed E-state index contributed by atoms with van der Waals surface area (Å²) in [6.45, 7) is 11.5. The van der Waals surface area contributed by atoms with Crippen LogP contribution in [0.15, 0.2) is 54.6 Å². The third-order valence-corrected chi connectivity index (χ3v) is 6.95. The van der Waals surface area contributed by atoms with Gasteiger partial charge >= 0.3 is 0 Å². The molecular formula is C30H45N3O. The molecule has 1 fully saturated rings. The number of nitrogens with two attached hydrogens (primary N) is 1. The molecule has 0 saturated carbocycles. The van der Waals surface area contributed by atoms with E-state index in [-0.39, 0.29) is 11.9 Å². The number of aryl methyl sites for hydroxylation is 2. The van der Waals surface area contributed by atoms with Gasteiger partial charge in [0.15, 0.2) is 0 Å². The smallest absolute Gasteiger partial charge is 0.239 e. The van der Waals surface area contributed by atoms with E-state index in [2.05, 4.69) is 87.2 Å². The van der Waals surface area contributed by atoms with Crippen LogP contribution in [0, 0.1) is 11.8 Å². The minimum absolute atomic E-state index is 0.124. The first-order valence-corrected chi connectivity index (χ1v) is 13.3. The van der Waals surface area contributed by atoms with Gasteiger partial charge in [0.25, 0.3) is 0 Å². The number of carbonyl (C=O) groups is 1. The molecule has 186 valence electrons. The number of piperidine rings is 1. The zero-order chi connectivity index (χ0) is 24.5. The fourth-order valence-corrected chi connectivity index (χ4v) is 4.96. The van der Waals surface area contributed by atoms with Gasteiger partial charge in [-0.1, -0.05) is 70.2 Å². The van der Waals surface area contributed by atoms with Gasteiger partial charge in [0.2, 0.25) is 5.91 Å². The molecule has 1 aliphatic heterocycles. The summed E-state index contributed by atoms with van der Waals surface area (Å²) in [5, 5.41) is 0. The largest absolute Gasteiger partial charge is 0.367 e. The molecule has 2 atom stereocenters. The Labute approximate surface area is 207 Å². The van der Waals surface area contributed by atoms with E-state index in [0.29, 0.717) is 17.9 Å². The van der Waals surface area contributed by atoms with Crippen LogP contribution in [0.25, 0.3) is 0 Å². The van der Waals surface area contributed by atoms with Crippen molar-refractivity contribution in [3.05, 3.63) is 65.7 Å². The lowest BCUT2D eigenvalue weighted by atomic mass is 9.98. The molecule has 34 heavy (non-hydrogen) atoms. The molecule has 0 radical (unpaired) electrons. The Morgan fingerprint density at radius 2 is 1.62 bits per heavy atom. The second-order valence-electron chi connectivity index (χ2n) is 10.8. The van der Waals surface area contributed by atoms with Crippen molar-refractivity contribution in [2.75, 3.05) is 24.5 Å². The van der Waals surface area contributed by atoms with Crippen LogP contribution in [0.1, 0.15) is 64.5 Å². The summed E-state index contributed by atoms with van der Waals surface area (Å²) in [6.07, 6.45) is 6.17. The first-order chi connectivity index (χ1) is 16.3. The maximum Gasteiger partial charge on any atom is 0.239 e.